The van der Waals surface area contributed by atoms with E-state index >= 15 is 0 Å². The number of nitrogens with zero attached hydrogens (tertiary/aromatic N) is 1. The quantitative estimate of drug-likeness (QED) is 0.790. The lowest BCUT2D eigenvalue weighted by molar-refractivity contribution is -0.139. The maximum atomic E-state index is 14.8. The summed E-state index contributed by atoms with van der Waals surface area (Å²) in [5.74, 6) is -4.54. The number of allylic oxidation sites excluding steroid dienone is 2. The van der Waals surface area contributed by atoms with Crippen molar-refractivity contribution in [3.63, 3.8) is 0 Å². The fourth-order valence-corrected chi connectivity index (χ4v) is 2.89. The molecular formula is C19H20F2N2O4. The Labute approximate surface area is 155 Å². The highest BCUT2D eigenvalue weighted by Gasteiger charge is 2.39. The first kappa shape index (κ1) is 20.2. The Morgan fingerprint density at radius 3 is 2.52 bits per heavy atom. The Kier molecular flexibility index (Phi) is 6.05. The van der Waals surface area contributed by atoms with E-state index in [1.54, 1.807) is 13.8 Å². The number of carbonyl (C=O) groups excluding carboxylic acids is 1. The zero-order valence-electron chi connectivity index (χ0n) is 15.5. The van der Waals surface area contributed by atoms with Crippen LogP contribution in [0.25, 0.3) is 0 Å². The molecule has 2 N–H and O–H groups in total. The summed E-state index contributed by atoms with van der Waals surface area (Å²) in [5.41, 5.74) is 5.15. The van der Waals surface area contributed by atoms with E-state index in [4.69, 9.17) is 19.9 Å². The molecule has 0 spiro atoms. The van der Waals surface area contributed by atoms with Crippen molar-refractivity contribution in [1.29, 1.82) is 5.26 Å². The molecule has 0 fully saturated rings. The number of rotatable bonds is 5. The van der Waals surface area contributed by atoms with Gasteiger partial charge in [-0.2, -0.15) is 5.26 Å². The highest BCUT2D eigenvalue weighted by Crippen LogP contribution is 2.42. The smallest absolute Gasteiger partial charge is 0.338 e. The molecule has 2 rings (SSSR count). The molecule has 1 aliphatic heterocycles. The average Bonchev–Trinajstić information content (AvgIpc) is 2.62. The van der Waals surface area contributed by atoms with Gasteiger partial charge in [0.2, 0.25) is 5.88 Å². The number of benzene rings is 1. The predicted octanol–water partition coefficient (Wildman–Crippen LogP) is 3.32. The summed E-state index contributed by atoms with van der Waals surface area (Å²) in [7, 11) is 0. The minimum atomic E-state index is -1.28. The van der Waals surface area contributed by atoms with Crippen LogP contribution >= 0.6 is 0 Å². The normalized spacial score (nSPS) is 16.7. The number of hydrogen-bond donors (Lipinski definition) is 1. The van der Waals surface area contributed by atoms with E-state index in [1.165, 1.54) is 19.9 Å². The van der Waals surface area contributed by atoms with Crippen LogP contribution in [0.4, 0.5) is 8.78 Å². The maximum Gasteiger partial charge on any atom is 0.338 e. The van der Waals surface area contributed by atoms with Gasteiger partial charge in [-0.3, -0.25) is 0 Å². The SMILES string of the molecule is CCOC(=O)C1=C(C)OC(N)=C(C#N)C1c1cc(OCC)c(C)c(F)c1F. The molecule has 1 heterocycles. The molecule has 144 valence electrons. The average molecular weight is 378 g/mol. The summed E-state index contributed by atoms with van der Waals surface area (Å²) in [4.78, 5) is 12.5. The first-order valence-electron chi connectivity index (χ1n) is 8.35. The van der Waals surface area contributed by atoms with Gasteiger partial charge in [0.1, 0.15) is 23.2 Å². The van der Waals surface area contributed by atoms with Crippen molar-refractivity contribution < 1.29 is 27.8 Å². The van der Waals surface area contributed by atoms with Crippen molar-refractivity contribution >= 4 is 5.97 Å². The zero-order chi connectivity index (χ0) is 20.3. The Balaban J connectivity index is 2.79. The molecule has 0 aromatic heterocycles. The molecule has 0 bridgehead atoms. The second-order valence-corrected chi connectivity index (χ2v) is 5.77. The van der Waals surface area contributed by atoms with Gasteiger partial charge in [-0.25, -0.2) is 13.6 Å². The van der Waals surface area contributed by atoms with Crippen LogP contribution in [0.3, 0.4) is 0 Å². The predicted molar refractivity (Wildman–Crippen MR) is 92.2 cm³/mol. The molecule has 0 radical (unpaired) electrons. The van der Waals surface area contributed by atoms with Crippen LogP contribution in [-0.4, -0.2) is 19.2 Å². The van der Waals surface area contributed by atoms with Crippen LogP contribution in [0.1, 0.15) is 37.8 Å². The lowest BCUT2D eigenvalue weighted by Gasteiger charge is -2.27. The summed E-state index contributed by atoms with van der Waals surface area (Å²) in [6.45, 7) is 6.38. The molecule has 1 aliphatic rings. The van der Waals surface area contributed by atoms with Gasteiger partial charge in [0.15, 0.2) is 11.6 Å². The van der Waals surface area contributed by atoms with Crippen LogP contribution < -0.4 is 10.5 Å². The first-order chi connectivity index (χ1) is 12.8. The van der Waals surface area contributed by atoms with E-state index in [2.05, 4.69) is 0 Å². The number of hydrogen-bond acceptors (Lipinski definition) is 6. The number of nitrogens with two attached hydrogens (primary N) is 1. The Morgan fingerprint density at radius 2 is 1.96 bits per heavy atom. The number of esters is 1. The molecule has 6 nitrogen and oxygen atoms in total. The van der Waals surface area contributed by atoms with Gasteiger partial charge in [-0.1, -0.05) is 0 Å². The highest BCUT2D eigenvalue weighted by molar-refractivity contribution is 5.92. The Hall–Kier alpha value is -3.08. The molecule has 8 heteroatoms. The minimum Gasteiger partial charge on any atom is -0.493 e. The summed E-state index contributed by atoms with van der Waals surface area (Å²) < 4.78 is 45.0. The second-order valence-electron chi connectivity index (χ2n) is 5.77. The van der Waals surface area contributed by atoms with Crippen molar-refractivity contribution in [3.05, 3.63) is 51.6 Å². The molecule has 0 saturated carbocycles. The van der Waals surface area contributed by atoms with Crippen LogP contribution in [0.2, 0.25) is 0 Å². The van der Waals surface area contributed by atoms with Gasteiger partial charge >= 0.3 is 5.97 Å². The van der Waals surface area contributed by atoms with Gasteiger partial charge in [0.25, 0.3) is 0 Å². The highest BCUT2D eigenvalue weighted by atomic mass is 19.2. The van der Waals surface area contributed by atoms with E-state index in [9.17, 15) is 18.8 Å². The lowest BCUT2D eigenvalue weighted by atomic mass is 9.82. The molecule has 0 amide bonds. The number of halogens is 2. The topological polar surface area (TPSA) is 94.6 Å². The van der Waals surface area contributed by atoms with Gasteiger partial charge in [0.05, 0.1) is 24.7 Å². The fraction of sp³-hybridized carbons (Fsp3) is 0.368. The van der Waals surface area contributed by atoms with E-state index in [1.807, 2.05) is 6.07 Å². The van der Waals surface area contributed by atoms with Crippen molar-refractivity contribution in [3.8, 4) is 11.8 Å². The summed E-state index contributed by atoms with van der Waals surface area (Å²) in [5, 5.41) is 9.51. The van der Waals surface area contributed by atoms with Crippen LogP contribution in [0, 0.1) is 29.9 Å². The van der Waals surface area contributed by atoms with Crippen molar-refractivity contribution in [1.82, 2.24) is 0 Å². The van der Waals surface area contributed by atoms with Crippen LogP contribution in [0.15, 0.2) is 28.9 Å². The third-order valence-electron chi connectivity index (χ3n) is 4.14. The summed E-state index contributed by atoms with van der Waals surface area (Å²) >= 11 is 0. The molecule has 1 aromatic rings. The summed E-state index contributed by atoms with van der Waals surface area (Å²) in [6.07, 6.45) is 0. The maximum absolute atomic E-state index is 14.8. The Bertz CT molecular complexity index is 885. The van der Waals surface area contributed by atoms with Crippen molar-refractivity contribution in [2.75, 3.05) is 13.2 Å². The van der Waals surface area contributed by atoms with Gasteiger partial charge in [-0.15, -0.1) is 0 Å². The molecule has 0 aliphatic carbocycles. The third-order valence-corrected chi connectivity index (χ3v) is 4.14. The van der Waals surface area contributed by atoms with E-state index in [0.29, 0.717) is 0 Å². The molecule has 27 heavy (non-hydrogen) atoms. The standard InChI is InChI=1S/C19H20F2N2O4/c1-5-25-13-7-11(17(21)16(20)9(13)3)15-12(8-22)18(23)27-10(4)14(15)19(24)26-6-2/h7,15H,5-6,23H2,1-4H3. The number of nitriles is 1. The fourth-order valence-electron chi connectivity index (χ4n) is 2.89. The lowest BCUT2D eigenvalue weighted by Crippen LogP contribution is -2.26. The van der Waals surface area contributed by atoms with Crippen molar-refractivity contribution in [2.45, 2.75) is 33.6 Å². The van der Waals surface area contributed by atoms with Crippen LogP contribution in [-0.2, 0) is 14.3 Å². The van der Waals surface area contributed by atoms with Crippen LogP contribution in [0.5, 0.6) is 5.75 Å². The zero-order valence-corrected chi connectivity index (χ0v) is 15.5. The Morgan fingerprint density at radius 1 is 1.30 bits per heavy atom. The van der Waals surface area contributed by atoms with Gasteiger partial charge in [0, 0.05) is 11.1 Å². The molecular weight excluding hydrogens is 358 g/mol. The molecule has 1 atom stereocenters. The van der Waals surface area contributed by atoms with E-state index < -0.39 is 23.5 Å². The molecule has 1 aromatic carbocycles. The second kappa shape index (κ2) is 8.08. The summed E-state index contributed by atoms with van der Waals surface area (Å²) in [6, 6.07) is 3.09. The monoisotopic (exact) mass is 378 g/mol. The first-order valence-corrected chi connectivity index (χ1v) is 8.35. The number of carbonyl (C=O) groups is 1. The van der Waals surface area contributed by atoms with Crippen molar-refractivity contribution in [2.24, 2.45) is 5.73 Å². The van der Waals surface area contributed by atoms with E-state index in [-0.39, 0.29) is 52.9 Å². The molecule has 1 unspecified atom stereocenters. The van der Waals surface area contributed by atoms with Gasteiger partial charge in [-0.05, 0) is 33.8 Å². The largest absolute Gasteiger partial charge is 0.493 e. The third kappa shape index (κ3) is 3.58. The molecule has 0 saturated heterocycles. The number of ether oxygens (including phenoxy) is 3. The van der Waals surface area contributed by atoms with E-state index in [0.717, 1.165) is 0 Å². The van der Waals surface area contributed by atoms with Gasteiger partial charge < -0.3 is 19.9 Å². The minimum absolute atomic E-state index is 0.0148.